The lowest BCUT2D eigenvalue weighted by molar-refractivity contribution is 0.259. The topological polar surface area (TPSA) is 0 Å². The molecule has 1 aliphatic carbocycles. The smallest absolute Gasteiger partial charge is 0.0872 e. The number of halogens is 1. The van der Waals surface area contributed by atoms with E-state index in [9.17, 15) is 4.39 Å². The van der Waals surface area contributed by atoms with Crippen LogP contribution >= 0.6 is 0 Å². The van der Waals surface area contributed by atoms with Crippen molar-refractivity contribution in [3.8, 4) is 0 Å². The second-order valence-corrected chi connectivity index (χ2v) is 5.87. The van der Waals surface area contributed by atoms with Crippen LogP contribution < -0.4 is 0 Å². The van der Waals surface area contributed by atoms with Crippen molar-refractivity contribution in [2.24, 2.45) is 11.8 Å². The van der Waals surface area contributed by atoms with Gasteiger partial charge in [0.1, 0.15) is 0 Å². The molecule has 0 spiro atoms. The van der Waals surface area contributed by atoms with Crippen LogP contribution in [0.5, 0.6) is 0 Å². The first-order valence-corrected chi connectivity index (χ1v) is 7.67. The van der Waals surface area contributed by atoms with Crippen molar-refractivity contribution in [1.29, 1.82) is 0 Å². The van der Waals surface area contributed by atoms with E-state index in [-0.39, 0.29) is 0 Å². The summed E-state index contributed by atoms with van der Waals surface area (Å²) in [5.74, 6) is 1.91. The molecule has 0 unspecified atom stereocenters. The molecular weight excluding hydrogens is 235 g/mol. The molecule has 0 heterocycles. The molecule has 1 aromatic rings. The second-order valence-electron chi connectivity index (χ2n) is 5.87. The molecule has 1 aliphatic rings. The Kier molecular flexibility index (Phi) is 5.62. The van der Waals surface area contributed by atoms with Gasteiger partial charge in [0, 0.05) is 0 Å². The Balaban J connectivity index is 1.76. The Morgan fingerprint density at radius 1 is 1.05 bits per heavy atom. The van der Waals surface area contributed by atoms with Gasteiger partial charge in [-0.25, -0.2) is 4.39 Å². The largest absolute Gasteiger partial charge is 0.216 e. The number of hydrogen-bond donors (Lipinski definition) is 0. The molecule has 0 aromatic heterocycles. The Morgan fingerprint density at radius 2 is 1.68 bits per heavy atom. The van der Waals surface area contributed by atoms with Crippen molar-refractivity contribution in [2.45, 2.75) is 51.9 Å². The Hall–Kier alpha value is -1.11. The van der Waals surface area contributed by atoms with Gasteiger partial charge in [0.25, 0.3) is 0 Å². The summed E-state index contributed by atoms with van der Waals surface area (Å²) >= 11 is 0. The standard InChI is InChI=1S/C18H25F/c1-2-15-3-5-16(6-4-15)7-8-17-9-11-18(12-10-17)13-14-19/h9-16H,2-8H2,1H3. The number of benzene rings is 1. The molecule has 1 heteroatoms. The van der Waals surface area contributed by atoms with Gasteiger partial charge in [-0.3, -0.25) is 0 Å². The zero-order valence-corrected chi connectivity index (χ0v) is 11.9. The fourth-order valence-corrected chi connectivity index (χ4v) is 3.17. The van der Waals surface area contributed by atoms with Crippen molar-refractivity contribution in [3.05, 3.63) is 41.7 Å². The third-order valence-corrected chi connectivity index (χ3v) is 4.62. The van der Waals surface area contributed by atoms with Crippen molar-refractivity contribution in [1.82, 2.24) is 0 Å². The first-order chi connectivity index (χ1) is 9.31. The number of aryl methyl sites for hydroxylation is 1. The van der Waals surface area contributed by atoms with Gasteiger partial charge in [0.05, 0.1) is 6.33 Å². The molecule has 1 aromatic carbocycles. The maximum atomic E-state index is 12.1. The van der Waals surface area contributed by atoms with Crippen molar-refractivity contribution < 1.29 is 4.39 Å². The minimum Gasteiger partial charge on any atom is -0.216 e. The van der Waals surface area contributed by atoms with Crippen LogP contribution in [-0.4, -0.2) is 0 Å². The van der Waals surface area contributed by atoms with Crippen LogP contribution in [0.3, 0.4) is 0 Å². The minimum atomic E-state index is 0.598. The van der Waals surface area contributed by atoms with Gasteiger partial charge in [0.15, 0.2) is 0 Å². The van der Waals surface area contributed by atoms with Gasteiger partial charge >= 0.3 is 0 Å². The predicted octanol–water partition coefficient (Wildman–Crippen LogP) is 5.78. The molecule has 2 rings (SSSR count). The summed E-state index contributed by atoms with van der Waals surface area (Å²) < 4.78 is 12.1. The van der Waals surface area contributed by atoms with Crippen LogP contribution in [0.15, 0.2) is 30.6 Å². The molecule has 0 N–H and O–H groups in total. The highest BCUT2D eigenvalue weighted by molar-refractivity contribution is 5.48. The number of hydrogen-bond acceptors (Lipinski definition) is 0. The van der Waals surface area contributed by atoms with E-state index in [4.69, 9.17) is 0 Å². The molecule has 1 saturated carbocycles. The average molecular weight is 260 g/mol. The second kappa shape index (κ2) is 7.47. The van der Waals surface area contributed by atoms with Crippen molar-refractivity contribution in [3.63, 3.8) is 0 Å². The van der Waals surface area contributed by atoms with Gasteiger partial charge in [-0.1, -0.05) is 63.3 Å². The Bertz CT molecular complexity index is 383. The van der Waals surface area contributed by atoms with Crippen LogP contribution in [0.25, 0.3) is 6.08 Å². The van der Waals surface area contributed by atoms with Crippen LogP contribution in [0.2, 0.25) is 0 Å². The zero-order chi connectivity index (χ0) is 13.5. The third-order valence-electron chi connectivity index (χ3n) is 4.62. The molecule has 0 bridgehead atoms. The molecule has 0 radical (unpaired) electrons. The van der Waals surface area contributed by atoms with Gasteiger partial charge < -0.3 is 0 Å². The molecule has 0 saturated heterocycles. The molecule has 104 valence electrons. The molecule has 1 fully saturated rings. The summed E-state index contributed by atoms with van der Waals surface area (Å²) in [6, 6.07) is 8.26. The molecular formula is C18H25F. The highest BCUT2D eigenvalue weighted by Crippen LogP contribution is 2.33. The summed E-state index contributed by atoms with van der Waals surface area (Å²) in [6.45, 7) is 2.32. The first kappa shape index (κ1) is 14.3. The quantitative estimate of drug-likeness (QED) is 0.630. The first-order valence-electron chi connectivity index (χ1n) is 7.67. The molecule has 19 heavy (non-hydrogen) atoms. The van der Waals surface area contributed by atoms with Gasteiger partial charge in [-0.2, -0.15) is 0 Å². The monoisotopic (exact) mass is 260 g/mol. The summed E-state index contributed by atoms with van der Waals surface area (Å²) in [5.41, 5.74) is 2.32. The Morgan fingerprint density at radius 3 is 2.26 bits per heavy atom. The van der Waals surface area contributed by atoms with Crippen molar-refractivity contribution in [2.75, 3.05) is 0 Å². The normalized spacial score (nSPS) is 23.9. The van der Waals surface area contributed by atoms with E-state index in [1.165, 1.54) is 56.6 Å². The highest BCUT2D eigenvalue weighted by atomic mass is 19.1. The van der Waals surface area contributed by atoms with Gasteiger partial charge in [-0.05, 0) is 41.9 Å². The minimum absolute atomic E-state index is 0.598. The SMILES string of the molecule is CCC1CCC(CCc2ccc(C=CF)cc2)CC1. The number of rotatable bonds is 5. The summed E-state index contributed by atoms with van der Waals surface area (Å²) in [7, 11) is 0. The molecule has 0 atom stereocenters. The molecule has 0 aliphatic heterocycles. The lowest BCUT2D eigenvalue weighted by atomic mass is 9.78. The van der Waals surface area contributed by atoms with E-state index >= 15 is 0 Å². The van der Waals surface area contributed by atoms with E-state index in [1.807, 2.05) is 12.1 Å². The van der Waals surface area contributed by atoms with E-state index < -0.39 is 0 Å². The van der Waals surface area contributed by atoms with E-state index in [2.05, 4.69) is 19.1 Å². The molecule has 0 nitrogen and oxygen atoms in total. The fourth-order valence-electron chi connectivity index (χ4n) is 3.17. The van der Waals surface area contributed by atoms with E-state index in [0.29, 0.717) is 6.33 Å². The lowest BCUT2D eigenvalue weighted by Crippen LogP contribution is -2.14. The van der Waals surface area contributed by atoms with Gasteiger partial charge in [-0.15, -0.1) is 0 Å². The summed E-state index contributed by atoms with van der Waals surface area (Å²) in [5, 5.41) is 0. The lowest BCUT2D eigenvalue weighted by Gasteiger charge is -2.27. The maximum Gasteiger partial charge on any atom is 0.0872 e. The van der Waals surface area contributed by atoms with E-state index in [0.717, 1.165) is 17.4 Å². The Labute approximate surface area is 116 Å². The summed E-state index contributed by atoms with van der Waals surface area (Å²) in [6.07, 6.45) is 11.6. The predicted molar refractivity (Wildman–Crippen MR) is 80.6 cm³/mol. The van der Waals surface area contributed by atoms with Crippen LogP contribution in [0, 0.1) is 11.8 Å². The van der Waals surface area contributed by atoms with Crippen LogP contribution in [-0.2, 0) is 6.42 Å². The van der Waals surface area contributed by atoms with E-state index in [1.54, 1.807) is 0 Å². The fraction of sp³-hybridized carbons (Fsp3) is 0.556. The van der Waals surface area contributed by atoms with Crippen LogP contribution in [0.4, 0.5) is 4.39 Å². The zero-order valence-electron chi connectivity index (χ0n) is 11.9. The van der Waals surface area contributed by atoms with Crippen LogP contribution in [0.1, 0.15) is 56.6 Å². The van der Waals surface area contributed by atoms with Gasteiger partial charge in [0.2, 0.25) is 0 Å². The van der Waals surface area contributed by atoms with Crippen molar-refractivity contribution >= 4 is 6.08 Å². The third kappa shape index (κ3) is 4.49. The molecule has 0 amide bonds. The average Bonchev–Trinajstić information content (AvgIpc) is 2.47. The maximum absolute atomic E-state index is 12.1. The summed E-state index contributed by atoms with van der Waals surface area (Å²) in [4.78, 5) is 0. The highest BCUT2D eigenvalue weighted by Gasteiger charge is 2.19.